The van der Waals surface area contributed by atoms with Crippen LogP contribution < -0.4 is 5.32 Å². The first-order valence-corrected chi connectivity index (χ1v) is 8.27. The average molecular weight is 261 g/mol. The molecule has 1 aromatic carbocycles. The van der Waals surface area contributed by atoms with Crippen LogP contribution in [0.5, 0.6) is 0 Å². The van der Waals surface area contributed by atoms with Crippen LogP contribution in [0.3, 0.4) is 0 Å². The highest BCUT2D eigenvalue weighted by atomic mass is 32.2. The topological polar surface area (TPSA) is 12.0 Å². The molecular formula is C16H23NS. The number of benzene rings is 1. The number of thioether (sulfide) groups is 1. The van der Waals surface area contributed by atoms with Gasteiger partial charge in [0.25, 0.3) is 0 Å². The fourth-order valence-electron chi connectivity index (χ4n) is 2.61. The quantitative estimate of drug-likeness (QED) is 0.845. The van der Waals surface area contributed by atoms with Crippen LogP contribution in [0.15, 0.2) is 29.2 Å². The Balaban J connectivity index is 1.49. The molecule has 0 aliphatic heterocycles. The van der Waals surface area contributed by atoms with E-state index < -0.39 is 0 Å². The Morgan fingerprint density at radius 1 is 0.944 bits per heavy atom. The number of nitrogens with one attached hydrogen (secondary N) is 1. The van der Waals surface area contributed by atoms with E-state index in [1.807, 2.05) is 0 Å². The molecule has 2 heteroatoms. The lowest BCUT2D eigenvalue weighted by atomic mass is 10.0. The molecule has 0 amide bonds. The average Bonchev–Trinajstić information content (AvgIpc) is 3.23. The van der Waals surface area contributed by atoms with Crippen LogP contribution in [0.4, 0.5) is 0 Å². The lowest BCUT2D eigenvalue weighted by Crippen LogP contribution is -2.15. The summed E-state index contributed by atoms with van der Waals surface area (Å²) < 4.78 is 0. The van der Waals surface area contributed by atoms with Crippen LogP contribution in [0.2, 0.25) is 0 Å². The predicted octanol–water partition coefficient (Wildman–Crippen LogP) is 4.36. The van der Waals surface area contributed by atoms with Gasteiger partial charge in [-0.15, -0.1) is 11.8 Å². The van der Waals surface area contributed by atoms with E-state index in [0.717, 1.165) is 17.8 Å². The van der Waals surface area contributed by atoms with Crippen LogP contribution in [0, 0.1) is 0 Å². The summed E-state index contributed by atoms with van der Waals surface area (Å²) in [6.07, 6.45) is 9.88. The lowest BCUT2D eigenvalue weighted by Gasteiger charge is -2.20. The zero-order valence-electron chi connectivity index (χ0n) is 11.0. The maximum absolute atomic E-state index is 3.57. The largest absolute Gasteiger partial charge is 0.310 e. The van der Waals surface area contributed by atoms with Crippen molar-refractivity contribution in [2.45, 2.75) is 67.7 Å². The van der Waals surface area contributed by atoms with Crippen molar-refractivity contribution in [3.05, 3.63) is 29.8 Å². The molecule has 0 radical (unpaired) electrons. The summed E-state index contributed by atoms with van der Waals surface area (Å²) in [5.74, 6) is 0. The standard InChI is InChI=1S/C16H23NS/c1-2-4-15(5-3-1)18-16-10-6-13(7-11-16)12-17-14-8-9-14/h6-7,10-11,14-15,17H,1-5,8-9,12H2. The van der Waals surface area contributed by atoms with Gasteiger partial charge >= 0.3 is 0 Å². The number of hydrogen-bond acceptors (Lipinski definition) is 2. The maximum atomic E-state index is 3.57. The summed E-state index contributed by atoms with van der Waals surface area (Å²) in [6, 6.07) is 10.0. The minimum absolute atomic E-state index is 0.807. The highest BCUT2D eigenvalue weighted by Gasteiger charge is 2.19. The normalized spacial score (nSPS) is 21.1. The van der Waals surface area contributed by atoms with Gasteiger partial charge in [-0.2, -0.15) is 0 Å². The third kappa shape index (κ3) is 3.76. The second kappa shape index (κ2) is 6.12. The van der Waals surface area contributed by atoms with Crippen LogP contribution in [0.25, 0.3) is 0 Å². The van der Waals surface area contributed by atoms with Crippen molar-refractivity contribution in [2.75, 3.05) is 0 Å². The van der Waals surface area contributed by atoms with Crippen molar-refractivity contribution in [3.8, 4) is 0 Å². The van der Waals surface area contributed by atoms with E-state index in [1.165, 1.54) is 55.4 Å². The summed E-state index contributed by atoms with van der Waals surface area (Å²) in [5.41, 5.74) is 1.43. The summed E-state index contributed by atoms with van der Waals surface area (Å²) in [7, 11) is 0. The van der Waals surface area contributed by atoms with Gasteiger partial charge in [0.2, 0.25) is 0 Å². The molecule has 0 aromatic heterocycles. The van der Waals surface area contributed by atoms with Gasteiger partial charge in [-0.25, -0.2) is 0 Å². The zero-order chi connectivity index (χ0) is 12.2. The molecule has 3 rings (SSSR count). The molecule has 0 saturated heterocycles. The van der Waals surface area contributed by atoms with Crippen molar-refractivity contribution in [1.82, 2.24) is 5.32 Å². The Hall–Kier alpha value is -0.470. The van der Waals surface area contributed by atoms with Gasteiger partial charge in [-0.05, 0) is 43.4 Å². The van der Waals surface area contributed by atoms with E-state index in [2.05, 4.69) is 41.3 Å². The van der Waals surface area contributed by atoms with Gasteiger partial charge in [0, 0.05) is 22.7 Å². The van der Waals surface area contributed by atoms with E-state index >= 15 is 0 Å². The summed E-state index contributed by atoms with van der Waals surface area (Å²) in [4.78, 5) is 1.46. The van der Waals surface area contributed by atoms with Gasteiger partial charge in [-0.1, -0.05) is 31.4 Å². The predicted molar refractivity (Wildman–Crippen MR) is 79.0 cm³/mol. The van der Waals surface area contributed by atoms with E-state index in [4.69, 9.17) is 0 Å². The molecule has 1 nitrogen and oxygen atoms in total. The Morgan fingerprint density at radius 3 is 2.33 bits per heavy atom. The molecule has 2 fully saturated rings. The molecular weight excluding hydrogens is 238 g/mol. The third-order valence-corrected chi connectivity index (χ3v) is 5.30. The van der Waals surface area contributed by atoms with Crippen LogP contribution in [-0.2, 0) is 6.54 Å². The molecule has 18 heavy (non-hydrogen) atoms. The zero-order valence-corrected chi connectivity index (χ0v) is 11.8. The van der Waals surface area contributed by atoms with Gasteiger partial charge in [-0.3, -0.25) is 0 Å². The molecule has 0 spiro atoms. The minimum atomic E-state index is 0.807. The summed E-state index contributed by atoms with van der Waals surface area (Å²) in [6.45, 7) is 1.04. The van der Waals surface area contributed by atoms with Gasteiger partial charge < -0.3 is 5.32 Å². The number of hydrogen-bond donors (Lipinski definition) is 1. The Kier molecular flexibility index (Phi) is 4.27. The molecule has 2 aliphatic carbocycles. The molecule has 2 saturated carbocycles. The van der Waals surface area contributed by atoms with Gasteiger partial charge in [0.05, 0.1) is 0 Å². The van der Waals surface area contributed by atoms with E-state index in [0.29, 0.717) is 0 Å². The molecule has 2 aliphatic rings. The SMILES string of the molecule is c1cc(SC2CCCCC2)ccc1CNC1CC1. The molecule has 98 valence electrons. The van der Waals surface area contributed by atoms with Crippen molar-refractivity contribution in [2.24, 2.45) is 0 Å². The molecule has 0 atom stereocenters. The maximum Gasteiger partial charge on any atom is 0.0208 e. The Labute approximate surface area is 115 Å². The van der Waals surface area contributed by atoms with Crippen molar-refractivity contribution < 1.29 is 0 Å². The van der Waals surface area contributed by atoms with Gasteiger partial charge in [0.15, 0.2) is 0 Å². The van der Waals surface area contributed by atoms with Crippen molar-refractivity contribution >= 4 is 11.8 Å². The highest BCUT2D eigenvalue weighted by Crippen LogP contribution is 2.33. The van der Waals surface area contributed by atoms with Crippen molar-refractivity contribution in [3.63, 3.8) is 0 Å². The van der Waals surface area contributed by atoms with Crippen LogP contribution in [0.1, 0.15) is 50.5 Å². The van der Waals surface area contributed by atoms with E-state index in [-0.39, 0.29) is 0 Å². The molecule has 0 heterocycles. The van der Waals surface area contributed by atoms with Crippen LogP contribution >= 0.6 is 11.8 Å². The smallest absolute Gasteiger partial charge is 0.0208 e. The molecule has 0 unspecified atom stereocenters. The molecule has 1 N–H and O–H groups in total. The van der Waals surface area contributed by atoms with Crippen LogP contribution in [-0.4, -0.2) is 11.3 Å². The summed E-state index contributed by atoms with van der Waals surface area (Å²) >= 11 is 2.09. The number of rotatable bonds is 5. The minimum Gasteiger partial charge on any atom is -0.310 e. The second-order valence-corrected chi connectivity index (χ2v) is 7.05. The van der Waals surface area contributed by atoms with E-state index in [9.17, 15) is 0 Å². The van der Waals surface area contributed by atoms with Gasteiger partial charge in [0.1, 0.15) is 0 Å². The molecule has 0 bridgehead atoms. The Bertz CT molecular complexity index is 363. The molecule has 1 aromatic rings. The fraction of sp³-hybridized carbons (Fsp3) is 0.625. The highest BCUT2D eigenvalue weighted by molar-refractivity contribution is 8.00. The van der Waals surface area contributed by atoms with Crippen molar-refractivity contribution in [1.29, 1.82) is 0 Å². The first-order valence-electron chi connectivity index (χ1n) is 7.39. The third-order valence-electron chi connectivity index (χ3n) is 3.95. The Morgan fingerprint density at radius 2 is 1.67 bits per heavy atom. The first-order chi connectivity index (χ1) is 8.90. The fourth-order valence-corrected chi connectivity index (χ4v) is 3.86. The lowest BCUT2D eigenvalue weighted by molar-refractivity contribution is 0.516. The second-order valence-electron chi connectivity index (χ2n) is 5.68. The van der Waals surface area contributed by atoms with E-state index in [1.54, 1.807) is 0 Å². The first kappa shape index (κ1) is 12.6. The summed E-state index contributed by atoms with van der Waals surface area (Å²) in [5, 5.41) is 4.44. The monoisotopic (exact) mass is 261 g/mol.